The van der Waals surface area contributed by atoms with Gasteiger partial charge in [-0.15, -0.1) is 0 Å². The monoisotopic (exact) mass is 410 g/mol. The molecule has 1 atom stereocenters. The molecule has 1 aromatic carbocycles. The minimum Gasteiger partial charge on any atom is -0.480 e. The Bertz CT molecular complexity index is 902. The number of benzene rings is 1. The van der Waals surface area contributed by atoms with Gasteiger partial charge in [0.1, 0.15) is 23.2 Å². The van der Waals surface area contributed by atoms with Crippen molar-refractivity contribution in [3.8, 4) is 11.3 Å². The summed E-state index contributed by atoms with van der Waals surface area (Å²) < 4.78 is 10.7. The Balaban J connectivity index is 2.15. The summed E-state index contributed by atoms with van der Waals surface area (Å²) in [5.41, 5.74) is -0.504. The molecular formula is C18H19ClN2O7. The number of nitro groups is 1. The van der Waals surface area contributed by atoms with Gasteiger partial charge in [-0.05, 0) is 39.0 Å². The summed E-state index contributed by atoms with van der Waals surface area (Å²) in [5.74, 6) is -0.652. The highest BCUT2D eigenvalue weighted by Gasteiger charge is 2.25. The van der Waals surface area contributed by atoms with Crippen molar-refractivity contribution in [2.75, 3.05) is 0 Å². The molecule has 2 aromatic rings. The van der Waals surface area contributed by atoms with Gasteiger partial charge in [0, 0.05) is 24.1 Å². The molecule has 0 aliphatic heterocycles. The summed E-state index contributed by atoms with van der Waals surface area (Å²) in [5, 5.41) is 22.5. The number of amides is 1. The van der Waals surface area contributed by atoms with E-state index in [-0.39, 0.29) is 22.9 Å². The zero-order valence-corrected chi connectivity index (χ0v) is 16.1. The van der Waals surface area contributed by atoms with Crippen LogP contribution < -0.4 is 5.32 Å². The Morgan fingerprint density at radius 2 is 2.00 bits per heavy atom. The topological polar surface area (TPSA) is 132 Å². The number of alkyl carbamates (subject to hydrolysis) is 1. The minimum atomic E-state index is -1.26. The normalized spacial score (nSPS) is 12.3. The fourth-order valence-electron chi connectivity index (χ4n) is 2.30. The lowest BCUT2D eigenvalue weighted by Gasteiger charge is -2.21. The number of carboxylic acids is 1. The summed E-state index contributed by atoms with van der Waals surface area (Å²) in [4.78, 5) is 33.5. The largest absolute Gasteiger partial charge is 0.480 e. The number of non-ortho nitro benzene ring substituents is 1. The first-order valence-corrected chi connectivity index (χ1v) is 8.59. The molecule has 0 saturated carbocycles. The molecule has 1 aromatic heterocycles. The molecule has 150 valence electrons. The van der Waals surface area contributed by atoms with E-state index in [4.69, 9.17) is 20.8 Å². The zero-order valence-electron chi connectivity index (χ0n) is 15.4. The number of ether oxygens (including phenoxy) is 1. The fourth-order valence-corrected chi connectivity index (χ4v) is 2.57. The number of nitrogens with one attached hydrogen (secondary N) is 1. The standard InChI is InChI=1S/C18H19ClN2O7/c1-18(2,3)28-17(24)20-14(16(22)23)9-11-5-7-15(27-11)12-6-4-10(21(25)26)8-13(12)19/h4-8,14H,9H2,1-3H3,(H,20,24)(H,22,23). The average Bonchev–Trinajstić information content (AvgIpc) is 3.00. The molecule has 10 heteroatoms. The van der Waals surface area contributed by atoms with Gasteiger partial charge in [0.15, 0.2) is 0 Å². The van der Waals surface area contributed by atoms with Crippen LogP contribution in [0.25, 0.3) is 11.3 Å². The smallest absolute Gasteiger partial charge is 0.408 e. The van der Waals surface area contributed by atoms with E-state index in [0.717, 1.165) is 0 Å². The number of furan rings is 1. The number of carbonyl (C=O) groups excluding carboxylic acids is 1. The second kappa shape index (κ2) is 8.30. The van der Waals surface area contributed by atoms with Gasteiger partial charge in [0.05, 0.1) is 9.95 Å². The second-order valence-corrected chi connectivity index (χ2v) is 7.34. The van der Waals surface area contributed by atoms with E-state index in [9.17, 15) is 24.8 Å². The van der Waals surface area contributed by atoms with Crippen molar-refractivity contribution in [3.05, 3.63) is 51.2 Å². The molecule has 1 unspecified atom stereocenters. The van der Waals surface area contributed by atoms with Gasteiger partial charge in [-0.25, -0.2) is 9.59 Å². The first kappa shape index (κ1) is 21.2. The van der Waals surface area contributed by atoms with Gasteiger partial charge in [0.2, 0.25) is 0 Å². The van der Waals surface area contributed by atoms with Gasteiger partial charge in [0.25, 0.3) is 5.69 Å². The molecule has 1 amide bonds. The molecule has 0 fully saturated rings. The average molecular weight is 411 g/mol. The maximum atomic E-state index is 11.8. The van der Waals surface area contributed by atoms with Crippen LogP contribution in [0.4, 0.5) is 10.5 Å². The van der Waals surface area contributed by atoms with Crippen LogP contribution in [0.15, 0.2) is 34.7 Å². The molecular weight excluding hydrogens is 392 g/mol. The number of rotatable bonds is 6. The quantitative estimate of drug-likeness (QED) is 0.542. The molecule has 28 heavy (non-hydrogen) atoms. The summed E-state index contributed by atoms with van der Waals surface area (Å²) in [6.45, 7) is 4.99. The van der Waals surface area contributed by atoms with Gasteiger partial charge in [-0.3, -0.25) is 10.1 Å². The van der Waals surface area contributed by atoms with Gasteiger partial charge in [-0.1, -0.05) is 11.6 Å². The van der Waals surface area contributed by atoms with E-state index >= 15 is 0 Å². The highest BCUT2D eigenvalue weighted by Crippen LogP contribution is 2.32. The van der Waals surface area contributed by atoms with Crippen molar-refractivity contribution in [2.45, 2.75) is 38.8 Å². The van der Waals surface area contributed by atoms with Crippen LogP contribution in [0, 0.1) is 10.1 Å². The lowest BCUT2D eigenvalue weighted by atomic mass is 10.1. The Labute approximate surface area is 165 Å². The van der Waals surface area contributed by atoms with Crippen LogP contribution in [-0.2, 0) is 16.0 Å². The van der Waals surface area contributed by atoms with Crippen molar-refractivity contribution < 1.29 is 28.8 Å². The van der Waals surface area contributed by atoms with Crippen LogP contribution in [0.5, 0.6) is 0 Å². The van der Waals surface area contributed by atoms with E-state index in [0.29, 0.717) is 11.3 Å². The fraction of sp³-hybridized carbons (Fsp3) is 0.333. The number of halogens is 1. The SMILES string of the molecule is CC(C)(C)OC(=O)NC(Cc1ccc(-c2ccc([N+](=O)[O-])cc2Cl)o1)C(=O)O. The number of hydrogen-bond donors (Lipinski definition) is 2. The van der Waals surface area contributed by atoms with Gasteiger partial charge < -0.3 is 19.6 Å². The summed E-state index contributed by atoms with van der Waals surface area (Å²) in [6.07, 6.45) is -0.982. The van der Waals surface area contributed by atoms with E-state index < -0.39 is 28.6 Å². The van der Waals surface area contributed by atoms with Crippen LogP contribution >= 0.6 is 11.6 Å². The van der Waals surface area contributed by atoms with E-state index in [2.05, 4.69) is 5.32 Å². The molecule has 0 radical (unpaired) electrons. The molecule has 0 bridgehead atoms. The van der Waals surface area contributed by atoms with E-state index in [1.807, 2.05) is 0 Å². The molecule has 2 N–H and O–H groups in total. The lowest BCUT2D eigenvalue weighted by Crippen LogP contribution is -2.44. The predicted octanol–water partition coefficient (Wildman–Crippen LogP) is 4.03. The molecule has 0 spiro atoms. The maximum Gasteiger partial charge on any atom is 0.408 e. The van der Waals surface area contributed by atoms with Crippen molar-refractivity contribution in [2.24, 2.45) is 0 Å². The molecule has 0 aliphatic carbocycles. The first-order valence-electron chi connectivity index (χ1n) is 8.21. The Kier molecular flexibility index (Phi) is 6.30. The Morgan fingerprint density at radius 3 is 2.54 bits per heavy atom. The number of nitro benzene ring substituents is 1. The minimum absolute atomic E-state index is 0.122. The van der Waals surface area contributed by atoms with Gasteiger partial charge >= 0.3 is 12.1 Å². The highest BCUT2D eigenvalue weighted by atomic mass is 35.5. The number of aliphatic carboxylic acids is 1. The third kappa shape index (κ3) is 5.71. The van der Waals surface area contributed by atoms with Crippen LogP contribution in [0.1, 0.15) is 26.5 Å². The number of hydrogen-bond acceptors (Lipinski definition) is 6. The maximum absolute atomic E-state index is 11.8. The molecule has 9 nitrogen and oxygen atoms in total. The number of carboxylic acid groups (broad SMARTS) is 1. The van der Waals surface area contributed by atoms with E-state index in [1.54, 1.807) is 32.9 Å². The van der Waals surface area contributed by atoms with Crippen molar-refractivity contribution in [3.63, 3.8) is 0 Å². The van der Waals surface area contributed by atoms with Crippen molar-refractivity contribution >= 4 is 29.4 Å². The molecule has 0 aliphatic rings. The second-order valence-electron chi connectivity index (χ2n) is 6.93. The van der Waals surface area contributed by atoms with Crippen molar-refractivity contribution in [1.29, 1.82) is 0 Å². The van der Waals surface area contributed by atoms with Crippen molar-refractivity contribution in [1.82, 2.24) is 5.32 Å². The lowest BCUT2D eigenvalue weighted by molar-refractivity contribution is -0.384. The van der Waals surface area contributed by atoms with E-state index in [1.165, 1.54) is 18.2 Å². The predicted molar refractivity (Wildman–Crippen MR) is 100 cm³/mol. The third-order valence-corrected chi connectivity index (χ3v) is 3.80. The van der Waals surface area contributed by atoms with Crippen LogP contribution in [0.2, 0.25) is 5.02 Å². The Hall–Kier alpha value is -3.07. The molecule has 2 rings (SSSR count). The number of nitrogens with zero attached hydrogens (tertiary/aromatic N) is 1. The summed E-state index contributed by atoms with van der Waals surface area (Å²) in [7, 11) is 0. The molecule has 1 heterocycles. The van der Waals surface area contributed by atoms with Gasteiger partial charge in [-0.2, -0.15) is 0 Å². The Morgan fingerprint density at radius 1 is 1.32 bits per heavy atom. The summed E-state index contributed by atoms with van der Waals surface area (Å²) in [6, 6.07) is 5.77. The third-order valence-electron chi connectivity index (χ3n) is 3.48. The van der Waals surface area contributed by atoms with Crippen LogP contribution in [0.3, 0.4) is 0 Å². The molecule has 0 saturated heterocycles. The summed E-state index contributed by atoms with van der Waals surface area (Å²) >= 11 is 6.07. The first-order chi connectivity index (χ1) is 13.0. The highest BCUT2D eigenvalue weighted by molar-refractivity contribution is 6.33. The zero-order chi connectivity index (χ0) is 21.1. The van der Waals surface area contributed by atoms with Crippen LogP contribution in [-0.4, -0.2) is 33.7 Å². The number of carbonyl (C=O) groups is 2.